The zero-order valence-corrected chi connectivity index (χ0v) is 11.4. The average Bonchev–Trinajstić information content (AvgIpc) is 2.24. The third kappa shape index (κ3) is 6.73. The van der Waals surface area contributed by atoms with Crippen LogP contribution in [0.4, 0.5) is 4.79 Å². The summed E-state index contributed by atoms with van der Waals surface area (Å²) in [6.07, 6.45) is 1.08. The fraction of sp³-hybridized carbons (Fsp3) is 0.538. The second-order valence-corrected chi connectivity index (χ2v) is 4.79. The SMILES string of the molecule is C=CC(=C)C[C@H](NC(=O)OC(C)(C)C)C(=O)OC. The number of ether oxygens (including phenoxy) is 2. The molecular weight excluding hydrogens is 234 g/mol. The van der Waals surface area contributed by atoms with Crippen LogP contribution in [0.1, 0.15) is 27.2 Å². The second kappa shape index (κ2) is 6.83. The molecule has 0 aliphatic carbocycles. The molecule has 0 radical (unpaired) electrons. The van der Waals surface area contributed by atoms with E-state index in [0.717, 1.165) is 0 Å². The second-order valence-electron chi connectivity index (χ2n) is 4.79. The number of nitrogens with one attached hydrogen (secondary N) is 1. The van der Waals surface area contributed by atoms with Crippen LogP contribution in [-0.2, 0) is 14.3 Å². The minimum Gasteiger partial charge on any atom is -0.467 e. The fourth-order valence-corrected chi connectivity index (χ4v) is 1.13. The molecular formula is C13H21NO4. The molecule has 0 saturated carbocycles. The van der Waals surface area contributed by atoms with Crippen LogP contribution in [0.3, 0.4) is 0 Å². The van der Waals surface area contributed by atoms with Gasteiger partial charge in [-0.25, -0.2) is 9.59 Å². The van der Waals surface area contributed by atoms with E-state index >= 15 is 0 Å². The molecule has 0 unspecified atom stereocenters. The van der Waals surface area contributed by atoms with E-state index in [0.29, 0.717) is 5.57 Å². The Morgan fingerprint density at radius 1 is 1.39 bits per heavy atom. The molecule has 5 nitrogen and oxygen atoms in total. The minimum atomic E-state index is -0.824. The molecule has 1 amide bonds. The average molecular weight is 255 g/mol. The maximum atomic E-state index is 11.6. The summed E-state index contributed by atoms with van der Waals surface area (Å²) in [5, 5.41) is 2.45. The lowest BCUT2D eigenvalue weighted by molar-refractivity contribution is -0.143. The molecule has 1 N–H and O–H groups in total. The number of methoxy groups -OCH3 is 1. The highest BCUT2D eigenvalue weighted by Gasteiger charge is 2.24. The van der Waals surface area contributed by atoms with Gasteiger partial charge in [0.05, 0.1) is 7.11 Å². The maximum Gasteiger partial charge on any atom is 0.408 e. The predicted molar refractivity (Wildman–Crippen MR) is 69.1 cm³/mol. The molecule has 0 bridgehead atoms. The normalized spacial score (nSPS) is 12.2. The van der Waals surface area contributed by atoms with Gasteiger partial charge in [0.1, 0.15) is 11.6 Å². The van der Waals surface area contributed by atoms with Gasteiger partial charge in [-0.15, -0.1) is 0 Å². The molecule has 102 valence electrons. The summed E-state index contributed by atoms with van der Waals surface area (Å²) in [5.74, 6) is -0.552. The molecule has 18 heavy (non-hydrogen) atoms. The van der Waals surface area contributed by atoms with Crippen molar-refractivity contribution in [1.29, 1.82) is 0 Å². The number of carbonyl (C=O) groups excluding carboxylic acids is 2. The highest BCUT2D eigenvalue weighted by molar-refractivity contribution is 5.81. The number of allylic oxidation sites excluding steroid dienone is 1. The van der Waals surface area contributed by atoms with E-state index in [9.17, 15) is 9.59 Å². The van der Waals surface area contributed by atoms with Crippen molar-refractivity contribution in [2.24, 2.45) is 0 Å². The van der Waals surface area contributed by atoms with Crippen molar-refractivity contribution < 1.29 is 19.1 Å². The van der Waals surface area contributed by atoms with Gasteiger partial charge in [0.2, 0.25) is 0 Å². The number of amides is 1. The largest absolute Gasteiger partial charge is 0.467 e. The van der Waals surface area contributed by atoms with Gasteiger partial charge in [-0.3, -0.25) is 0 Å². The van der Waals surface area contributed by atoms with E-state index in [2.05, 4.69) is 23.2 Å². The molecule has 0 aromatic heterocycles. The summed E-state index contributed by atoms with van der Waals surface area (Å²) in [7, 11) is 1.25. The van der Waals surface area contributed by atoms with Crippen LogP contribution in [0.25, 0.3) is 0 Å². The van der Waals surface area contributed by atoms with Crippen LogP contribution in [0.5, 0.6) is 0 Å². The standard InChI is InChI=1S/C13H21NO4/c1-7-9(2)8-10(11(15)17-6)14-12(16)18-13(3,4)5/h7,10H,1-2,8H2,3-6H3,(H,14,16)/t10-/m0/s1. The minimum absolute atomic E-state index is 0.232. The Kier molecular flexibility index (Phi) is 6.16. The first-order valence-corrected chi connectivity index (χ1v) is 5.57. The van der Waals surface area contributed by atoms with Crippen molar-refractivity contribution in [2.45, 2.75) is 38.8 Å². The summed E-state index contributed by atoms with van der Waals surface area (Å²) < 4.78 is 9.67. The van der Waals surface area contributed by atoms with Gasteiger partial charge in [-0.05, 0) is 20.8 Å². The van der Waals surface area contributed by atoms with Crippen molar-refractivity contribution in [3.63, 3.8) is 0 Å². The lowest BCUT2D eigenvalue weighted by atomic mass is 10.1. The zero-order chi connectivity index (χ0) is 14.3. The first kappa shape index (κ1) is 16.2. The van der Waals surface area contributed by atoms with Crippen LogP contribution in [0.2, 0.25) is 0 Å². The van der Waals surface area contributed by atoms with Crippen LogP contribution >= 0.6 is 0 Å². The van der Waals surface area contributed by atoms with E-state index in [-0.39, 0.29) is 6.42 Å². The van der Waals surface area contributed by atoms with Gasteiger partial charge in [0, 0.05) is 6.42 Å². The summed E-state index contributed by atoms with van der Waals surface area (Å²) in [4.78, 5) is 23.1. The molecule has 1 atom stereocenters. The van der Waals surface area contributed by atoms with Crippen LogP contribution in [0, 0.1) is 0 Å². The van der Waals surface area contributed by atoms with Crippen LogP contribution in [0.15, 0.2) is 24.8 Å². The summed E-state index contributed by atoms with van der Waals surface area (Å²) >= 11 is 0. The molecule has 0 heterocycles. The topological polar surface area (TPSA) is 64.6 Å². The van der Waals surface area contributed by atoms with E-state index < -0.39 is 23.7 Å². The summed E-state index contributed by atoms with van der Waals surface area (Å²) in [6, 6.07) is -0.824. The van der Waals surface area contributed by atoms with Crippen LogP contribution in [-0.4, -0.2) is 30.8 Å². The van der Waals surface area contributed by atoms with Gasteiger partial charge in [-0.1, -0.05) is 24.8 Å². The number of esters is 1. The molecule has 0 aromatic carbocycles. The van der Waals surface area contributed by atoms with Gasteiger partial charge >= 0.3 is 12.1 Å². The number of hydrogen-bond acceptors (Lipinski definition) is 4. The van der Waals surface area contributed by atoms with E-state index in [1.807, 2.05) is 0 Å². The van der Waals surface area contributed by atoms with E-state index in [1.54, 1.807) is 20.8 Å². The number of hydrogen-bond donors (Lipinski definition) is 1. The molecule has 0 fully saturated rings. The Labute approximate surface area is 108 Å². The lowest BCUT2D eigenvalue weighted by Gasteiger charge is -2.22. The van der Waals surface area contributed by atoms with Gasteiger partial charge < -0.3 is 14.8 Å². The van der Waals surface area contributed by atoms with Gasteiger partial charge in [0.25, 0.3) is 0 Å². The smallest absolute Gasteiger partial charge is 0.408 e. The Morgan fingerprint density at radius 2 is 1.94 bits per heavy atom. The highest BCUT2D eigenvalue weighted by atomic mass is 16.6. The summed E-state index contributed by atoms with van der Waals surface area (Å²) in [6.45, 7) is 12.5. The summed E-state index contributed by atoms with van der Waals surface area (Å²) in [5.41, 5.74) is 0.00155. The Bertz CT molecular complexity index is 341. The van der Waals surface area contributed by atoms with Crippen molar-refractivity contribution >= 4 is 12.1 Å². The fourth-order valence-electron chi connectivity index (χ4n) is 1.13. The number of carbonyl (C=O) groups is 2. The van der Waals surface area contributed by atoms with Crippen molar-refractivity contribution in [3.8, 4) is 0 Å². The third-order valence-electron chi connectivity index (χ3n) is 1.93. The molecule has 0 aliphatic rings. The van der Waals surface area contributed by atoms with Crippen LogP contribution < -0.4 is 5.32 Å². The zero-order valence-electron chi connectivity index (χ0n) is 11.4. The van der Waals surface area contributed by atoms with Crippen molar-refractivity contribution in [3.05, 3.63) is 24.8 Å². The first-order chi connectivity index (χ1) is 8.19. The Morgan fingerprint density at radius 3 is 2.33 bits per heavy atom. The van der Waals surface area contributed by atoms with Crippen molar-refractivity contribution in [1.82, 2.24) is 5.32 Å². The quantitative estimate of drug-likeness (QED) is 0.604. The highest BCUT2D eigenvalue weighted by Crippen LogP contribution is 2.09. The maximum absolute atomic E-state index is 11.6. The molecule has 0 saturated heterocycles. The molecule has 5 heteroatoms. The monoisotopic (exact) mass is 255 g/mol. The molecule has 0 spiro atoms. The predicted octanol–water partition coefficient (Wildman–Crippen LogP) is 2.18. The van der Waals surface area contributed by atoms with Gasteiger partial charge in [-0.2, -0.15) is 0 Å². The third-order valence-corrected chi connectivity index (χ3v) is 1.93. The molecule has 0 aliphatic heterocycles. The Balaban J connectivity index is 4.59. The van der Waals surface area contributed by atoms with Crippen molar-refractivity contribution in [2.75, 3.05) is 7.11 Å². The lowest BCUT2D eigenvalue weighted by Crippen LogP contribution is -2.44. The van der Waals surface area contributed by atoms with Gasteiger partial charge in [0.15, 0.2) is 0 Å². The first-order valence-electron chi connectivity index (χ1n) is 5.57. The Hall–Kier alpha value is -1.78. The molecule has 0 rings (SSSR count). The molecule has 0 aromatic rings. The number of alkyl carbamates (subject to hydrolysis) is 1. The van der Waals surface area contributed by atoms with E-state index in [1.165, 1.54) is 13.2 Å². The van der Waals surface area contributed by atoms with E-state index in [4.69, 9.17) is 4.74 Å². The number of rotatable bonds is 5.